The number of methoxy groups -OCH3 is 3. The number of piperidine rings is 1. The van der Waals surface area contributed by atoms with Crippen molar-refractivity contribution in [3.63, 3.8) is 0 Å². The summed E-state index contributed by atoms with van der Waals surface area (Å²) in [6.07, 6.45) is 5.75. The molecule has 0 spiro atoms. The summed E-state index contributed by atoms with van der Waals surface area (Å²) in [6, 6.07) is 20.0. The average molecular weight is 1040 g/mol. The highest BCUT2D eigenvalue weighted by Crippen LogP contribution is 2.42. The van der Waals surface area contributed by atoms with E-state index in [1.807, 2.05) is 32.1 Å². The van der Waals surface area contributed by atoms with E-state index in [0.29, 0.717) is 50.5 Å². The number of hydrogen-bond acceptors (Lipinski definition) is 12. The molecule has 4 aliphatic rings. The number of hydrogen-bond donors (Lipinski definition) is 2. The highest BCUT2D eigenvalue weighted by molar-refractivity contribution is 6.99. The van der Waals surface area contributed by atoms with E-state index in [0.717, 1.165) is 12.0 Å². The van der Waals surface area contributed by atoms with Gasteiger partial charge in [-0.15, -0.1) is 6.58 Å². The van der Waals surface area contributed by atoms with Gasteiger partial charge in [0.15, 0.2) is 0 Å². The van der Waals surface area contributed by atoms with Gasteiger partial charge in [0.1, 0.15) is 24.0 Å². The summed E-state index contributed by atoms with van der Waals surface area (Å²) < 4.78 is 38.6. The molecule has 1 amide bonds. The SMILES string of the molecule is C=CCC1/C=C(\C)CC(C)CC(OC)C2OC(O)(C(=O)C(=O)N3CCCCC3C(=O)OC(C(C)=CC3CCC(O[Si](c4ccccc4)(c4ccccc4)C(C)(C)C)C(OC)C3)C(C)C(O)CC1=O)C(C)CC2OC. The molecule has 3 fully saturated rings. The monoisotopic (exact) mass is 1040 g/mol. The molecule has 3 aliphatic heterocycles. The number of carbonyl (C=O) groups is 4. The minimum atomic E-state index is -2.92. The number of Topliss-reactive ketones (excluding diaryl/α,β-unsaturated/α-hetero) is 2. The molecule has 0 radical (unpaired) electrons. The van der Waals surface area contributed by atoms with E-state index in [1.54, 1.807) is 27.0 Å². The van der Waals surface area contributed by atoms with E-state index in [4.69, 9.17) is 28.1 Å². The fourth-order valence-corrected chi connectivity index (χ4v) is 17.2. The van der Waals surface area contributed by atoms with Crippen molar-refractivity contribution in [2.45, 2.75) is 186 Å². The molecule has 6 rings (SSSR count). The van der Waals surface area contributed by atoms with Gasteiger partial charge in [-0.3, -0.25) is 14.4 Å². The van der Waals surface area contributed by atoms with Crippen molar-refractivity contribution >= 4 is 42.1 Å². The van der Waals surface area contributed by atoms with Crippen molar-refractivity contribution < 1.29 is 57.5 Å². The van der Waals surface area contributed by atoms with Crippen molar-refractivity contribution in [1.82, 2.24) is 4.90 Å². The molecule has 2 aromatic rings. The van der Waals surface area contributed by atoms with Crippen LogP contribution in [0.15, 0.2) is 96.6 Å². The Balaban J connectivity index is 1.35. The van der Waals surface area contributed by atoms with Crippen molar-refractivity contribution in [2.24, 2.45) is 29.6 Å². The fraction of sp³-hybridized carbons (Fsp3) is 0.633. The van der Waals surface area contributed by atoms with Crippen LogP contribution in [0.5, 0.6) is 0 Å². The van der Waals surface area contributed by atoms with Gasteiger partial charge in [-0.05, 0) is 111 Å². The Morgan fingerprint density at radius 3 is 2.03 bits per heavy atom. The molecule has 1 aliphatic carbocycles. The van der Waals surface area contributed by atoms with Crippen molar-refractivity contribution in [2.75, 3.05) is 27.9 Å². The Hall–Kier alpha value is -4.12. The molecule has 2 aromatic carbocycles. The predicted octanol–water partition coefficient (Wildman–Crippen LogP) is 8.22. The van der Waals surface area contributed by atoms with Crippen LogP contribution in [0.2, 0.25) is 5.04 Å². The Morgan fingerprint density at radius 1 is 0.838 bits per heavy atom. The van der Waals surface area contributed by atoms with Crippen LogP contribution in [0.25, 0.3) is 0 Å². The lowest BCUT2D eigenvalue weighted by atomic mass is 9.81. The van der Waals surface area contributed by atoms with Gasteiger partial charge in [0, 0.05) is 52.0 Å². The van der Waals surface area contributed by atoms with Crippen LogP contribution in [-0.2, 0) is 47.3 Å². The van der Waals surface area contributed by atoms with Crippen LogP contribution in [-0.4, -0.2) is 129 Å². The largest absolute Gasteiger partial charge is 0.456 e. The first-order valence-electron chi connectivity index (χ1n) is 27.1. The quantitative estimate of drug-likeness (QED) is 0.0960. The maximum absolute atomic E-state index is 14.8. The van der Waals surface area contributed by atoms with Gasteiger partial charge in [0.2, 0.25) is 5.79 Å². The van der Waals surface area contributed by atoms with Crippen LogP contribution >= 0.6 is 0 Å². The van der Waals surface area contributed by atoms with E-state index < -0.39 is 86.1 Å². The highest BCUT2D eigenvalue weighted by Gasteiger charge is 2.57. The number of aliphatic hydroxyl groups is 2. The first-order chi connectivity index (χ1) is 35.1. The van der Waals surface area contributed by atoms with Crippen molar-refractivity contribution in [1.29, 1.82) is 0 Å². The standard InChI is InChI=1S/C60H87NO12Si/c1-13-22-44-32-38(2)31-39(3)33-52(69-11)55-53(70-12)35-41(5)60(67,72-55)56(64)57(65)61-30-21-20-27-47(61)58(66)71-54(42(6)48(62)37-49(44)63)40(4)34-43-28-29-50(51(36-43)68-10)73-74(59(7,8)9,45-23-16-14-17-24-45)46-25-18-15-19-26-46/h13-19,23-26,32,34,39,41-44,47-48,50-55,62,67H,1,20-22,27-31,33,35-37H2,2-12H3/b38-32+,40-34?. The van der Waals surface area contributed by atoms with Gasteiger partial charge < -0.3 is 43.2 Å². The Kier molecular flexibility index (Phi) is 20.6. The zero-order chi connectivity index (χ0) is 54.1. The molecule has 13 nitrogen and oxygen atoms in total. The summed E-state index contributed by atoms with van der Waals surface area (Å²) in [5.41, 5.74) is 1.65. The van der Waals surface area contributed by atoms with Gasteiger partial charge in [-0.2, -0.15) is 0 Å². The number of allylic oxidation sites excluding steroid dienone is 4. The maximum atomic E-state index is 14.8. The number of nitrogens with zero attached hydrogens (tertiary/aromatic N) is 1. The van der Waals surface area contributed by atoms with E-state index in [2.05, 4.69) is 88.9 Å². The van der Waals surface area contributed by atoms with Crippen LogP contribution in [0, 0.1) is 29.6 Å². The normalized spacial score (nSPS) is 34.7. The molecular formula is C60H87NO12Si. The van der Waals surface area contributed by atoms with Crippen LogP contribution in [0.4, 0.5) is 0 Å². The van der Waals surface area contributed by atoms with Crippen molar-refractivity contribution in [3.05, 3.63) is 96.6 Å². The van der Waals surface area contributed by atoms with Gasteiger partial charge in [0.05, 0.1) is 30.5 Å². The number of cyclic esters (lactones) is 1. The zero-order valence-electron chi connectivity index (χ0n) is 46.1. The number of benzene rings is 2. The number of ether oxygens (including phenoxy) is 5. The first-order valence-corrected chi connectivity index (χ1v) is 29.0. The number of carbonyl (C=O) groups excluding carboxylic acids is 4. The lowest BCUT2D eigenvalue weighted by Crippen LogP contribution is -2.68. The van der Waals surface area contributed by atoms with E-state index in [-0.39, 0.29) is 60.7 Å². The van der Waals surface area contributed by atoms with Gasteiger partial charge in [-0.25, -0.2) is 4.79 Å². The number of ketones is 2. The molecule has 1 saturated carbocycles. The molecule has 74 heavy (non-hydrogen) atoms. The summed E-state index contributed by atoms with van der Waals surface area (Å²) in [5, 5.41) is 26.5. The second kappa shape index (κ2) is 25.8. The summed E-state index contributed by atoms with van der Waals surface area (Å²) in [6.45, 7) is 20.1. The fourth-order valence-electron chi connectivity index (χ4n) is 12.5. The smallest absolute Gasteiger partial charge is 0.329 e. The van der Waals surface area contributed by atoms with Crippen molar-refractivity contribution in [3.8, 4) is 0 Å². The molecule has 3 heterocycles. The van der Waals surface area contributed by atoms with Crippen LogP contribution in [0.3, 0.4) is 0 Å². The van der Waals surface area contributed by atoms with Crippen LogP contribution in [0.1, 0.15) is 126 Å². The molecule has 0 aromatic heterocycles. The molecule has 2 N–H and O–H groups in total. The predicted molar refractivity (Wildman–Crippen MR) is 289 cm³/mol. The average Bonchev–Trinajstić information content (AvgIpc) is 3.38. The number of rotatable bonds is 11. The van der Waals surface area contributed by atoms with Crippen LogP contribution < -0.4 is 10.4 Å². The molecule has 2 saturated heterocycles. The first kappa shape index (κ1) is 59.1. The number of esters is 1. The lowest BCUT2D eigenvalue weighted by molar-refractivity contribution is -0.302. The third-order valence-corrected chi connectivity index (χ3v) is 21.7. The summed E-state index contributed by atoms with van der Waals surface area (Å²) in [4.78, 5) is 59.3. The number of fused-ring (bicyclic) bond motifs is 3. The van der Waals surface area contributed by atoms with E-state index >= 15 is 0 Å². The second-order valence-corrected chi connectivity index (χ2v) is 27.3. The second-order valence-electron chi connectivity index (χ2n) is 23.0. The molecule has 14 atom stereocenters. The molecule has 14 heteroatoms. The Bertz CT molecular complexity index is 2240. The van der Waals surface area contributed by atoms with Gasteiger partial charge in [0.25, 0.3) is 20.0 Å². The lowest BCUT2D eigenvalue weighted by Gasteiger charge is -2.47. The minimum absolute atomic E-state index is 0.00158. The van der Waals surface area contributed by atoms with E-state index in [9.17, 15) is 29.4 Å². The number of aliphatic hydroxyl groups excluding tert-OH is 1. The molecule has 14 unspecified atom stereocenters. The Labute approximate surface area is 442 Å². The summed E-state index contributed by atoms with van der Waals surface area (Å²) >= 11 is 0. The molecular weight excluding hydrogens is 955 g/mol. The van der Waals surface area contributed by atoms with Gasteiger partial charge >= 0.3 is 5.97 Å². The Morgan fingerprint density at radius 2 is 1.45 bits per heavy atom. The zero-order valence-corrected chi connectivity index (χ0v) is 47.1. The molecule has 408 valence electrons. The van der Waals surface area contributed by atoms with Gasteiger partial charge in [-0.1, -0.05) is 126 Å². The summed E-state index contributed by atoms with van der Waals surface area (Å²) in [5.74, 6) is -7.82. The maximum Gasteiger partial charge on any atom is 0.329 e. The third kappa shape index (κ3) is 13.2. The summed E-state index contributed by atoms with van der Waals surface area (Å²) in [7, 11) is 1.88. The molecule has 2 bridgehead atoms. The highest BCUT2D eigenvalue weighted by atomic mass is 28.4. The number of amides is 1. The third-order valence-electron chi connectivity index (χ3n) is 16.6. The van der Waals surface area contributed by atoms with E-state index in [1.165, 1.54) is 29.5 Å². The minimum Gasteiger partial charge on any atom is -0.456 e. The topological polar surface area (TPSA) is 167 Å².